The van der Waals surface area contributed by atoms with Gasteiger partial charge in [0.1, 0.15) is 5.75 Å². The molecule has 0 aromatic heterocycles. The number of hydrogen-bond acceptors (Lipinski definition) is 4. The Kier molecular flexibility index (Phi) is 7.16. The van der Waals surface area contributed by atoms with Gasteiger partial charge in [0.2, 0.25) is 0 Å². The van der Waals surface area contributed by atoms with Crippen LogP contribution in [0.2, 0.25) is 5.02 Å². The second-order valence-electron chi connectivity index (χ2n) is 5.62. The lowest BCUT2D eigenvalue weighted by Crippen LogP contribution is -2.26. The average Bonchev–Trinajstić information content (AvgIpc) is 2.63. The molecular formula is C20H24ClNO4. The van der Waals surface area contributed by atoms with Crippen molar-refractivity contribution in [2.24, 2.45) is 0 Å². The Bertz CT molecular complexity index is 763. The van der Waals surface area contributed by atoms with Gasteiger partial charge in [-0.15, -0.1) is 0 Å². The highest BCUT2D eigenvalue weighted by Gasteiger charge is 2.15. The highest BCUT2D eigenvalue weighted by Crippen LogP contribution is 2.31. The van der Waals surface area contributed by atoms with Crippen LogP contribution >= 0.6 is 11.6 Å². The van der Waals surface area contributed by atoms with Gasteiger partial charge in [-0.1, -0.05) is 17.7 Å². The van der Waals surface area contributed by atoms with Crippen LogP contribution in [-0.4, -0.2) is 26.2 Å². The monoisotopic (exact) mass is 377 g/mol. The molecule has 0 aliphatic carbocycles. The van der Waals surface area contributed by atoms with Crippen LogP contribution in [0.3, 0.4) is 0 Å². The van der Waals surface area contributed by atoms with Crippen molar-refractivity contribution in [3.63, 3.8) is 0 Å². The molecule has 0 fully saturated rings. The van der Waals surface area contributed by atoms with E-state index in [0.717, 1.165) is 5.56 Å². The van der Waals surface area contributed by atoms with Gasteiger partial charge < -0.3 is 19.5 Å². The van der Waals surface area contributed by atoms with Gasteiger partial charge in [-0.2, -0.15) is 0 Å². The molecule has 1 amide bonds. The minimum atomic E-state index is -0.214. The van der Waals surface area contributed by atoms with Crippen molar-refractivity contribution >= 4 is 17.5 Å². The second-order valence-corrected chi connectivity index (χ2v) is 6.02. The Hall–Kier alpha value is -2.40. The predicted molar refractivity (Wildman–Crippen MR) is 103 cm³/mol. The third-order valence-corrected chi connectivity index (χ3v) is 4.12. The Balaban J connectivity index is 2.15. The zero-order valence-electron chi connectivity index (χ0n) is 15.5. The molecule has 0 radical (unpaired) electrons. The van der Waals surface area contributed by atoms with Crippen molar-refractivity contribution in [1.82, 2.24) is 5.32 Å². The smallest absolute Gasteiger partial charge is 0.251 e. The van der Waals surface area contributed by atoms with E-state index in [1.807, 2.05) is 39.0 Å². The van der Waals surface area contributed by atoms with Crippen LogP contribution in [0.5, 0.6) is 17.2 Å². The molecule has 5 nitrogen and oxygen atoms in total. The van der Waals surface area contributed by atoms with E-state index in [2.05, 4.69) is 5.32 Å². The Labute approximate surface area is 159 Å². The zero-order chi connectivity index (χ0) is 19.1. The van der Waals surface area contributed by atoms with Crippen LogP contribution in [-0.2, 0) is 0 Å². The van der Waals surface area contributed by atoms with Crippen LogP contribution in [0.4, 0.5) is 0 Å². The lowest BCUT2D eigenvalue weighted by molar-refractivity contribution is 0.0939. The van der Waals surface area contributed by atoms with Gasteiger partial charge in [0, 0.05) is 5.56 Å². The molecule has 0 saturated heterocycles. The maximum absolute atomic E-state index is 12.5. The summed E-state index contributed by atoms with van der Waals surface area (Å²) in [5, 5.41) is 3.36. The number of hydrogen-bond donors (Lipinski definition) is 1. The normalized spacial score (nSPS) is 11.6. The summed E-state index contributed by atoms with van der Waals surface area (Å²) in [4.78, 5) is 12.5. The fourth-order valence-electron chi connectivity index (χ4n) is 2.51. The SMILES string of the molecule is CCOc1ccc([C@H](C)NC(=O)c2ccc(OC)c(Cl)c2)cc1OCC. The van der Waals surface area contributed by atoms with E-state index in [1.165, 1.54) is 7.11 Å². The minimum absolute atomic E-state index is 0.210. The Morgan fingerprint density at radius 2 is 1.69 bits per heavy atom. The third-order valence-electron chi connectivity index (χ3n) is 3.83. The van der Waals surface area contributed by atoms with Crippen molar-refractivity contribution in [3.8, 4) is 17.2 Å². The van der Waals surface area contributed by atoms with Crippen molar-refractivity contribution in [2.45, 2.75) is 26.8 Å². The summed E-state index contributed by atoms with van der Waals surface area (Å²) in [7, 11) is 1.53. The third kappa shape index (κ3) is 4.82. The molecule has 0 bridgehead atoms. The van der Waals surface area contributed by atoms with E-state index in [0.29, 0.717) is 41.0 Å². The molecule has 0 saturated carbocycles. The minimum Gasteiger partial charge on any atom is -0.495 e. The predicted octanol–water partition coefficient (Wildman–Crippen LogP) is 4.64. The summed E-state index contributed by atoms with van der Waals surface area (Å²) >= 11 is 6.09. The maximum Gasteiger partial charge on any atom is 0.251 e. The van der Waals surface area contributed by atoms with Gasteiger partial charge in [0.15, 0.2) is 11.5 Å². The Morgan fingerprint density at radius 3 is 2.31 bits per heavy atom. The summed E-state index contributed by atoms with van der Waals surface area (Å²) in [6.45, 7) is 6.85. The fourth-order valence-corrected chi connectivity index (χ4v) is 2.77. The van der Waals surface area contributed by atoms with E-state index in [9.17, 15) is 4.79 Å². The average molecular weight is 378 g/mol. The Morgan fingerprint density at radius 1 is 1.04 bits per heavy atom. The molecule has 2 aromatic rings. The first kappa shape index (κ1) is 19.9. The summed E-state index contributed by atoms with van der Waals surface area (Å²) in [5.41, 5.74) is 1.39. The first-order chi connectivity index (χ1) is 12.5. The van der Waals surface area contributed by atoms with E-state index in [1.54, 1.807) is 18.2 Å². The van der Waals surface area contributed by atoms with Gasteiger partial charge in [-0.05, 0) is 56.7 Å². The van der Waals surface area contributed by atoms with Gasteiger partial charge in [0.05, 0.1) is 31.4 Å². The molecule has 6 heteroatoms. The van der Waals surface area contributed by atoms with Gasteiger partial charge in [0.25, 0.3) is 5.91 Å². The highest BCUT2D eigenvalue weighted by atomic mass is 35.5. The first-order valence-corrected chi connectivity index (χ1v) is 8.91. The van der Waals surface area contributed by atoms with Crippen LogP contribution in [0.15, 0.2) is 36.4 Å². The van der Waals surface area contributed by atoms with E-state index in [-0.39, 0.29) is 11.9 Å². The molecule has 0 unspecified atom stereocenters. The second kappa shape index (κ2) is 9.34. The van der Waals surface area contributed by atoms with Crippen molar-refractivity contribution in [3.05, 3.63) is 52.5 Å². The molecule has 2 aromatic carbocycles. The molecular weight excluding hydrogens is 354 g/mol. The van der Waals surface area contributed by atoms with Crippen molar-refractivity contribution in [1.29, 1.82) is 0 Å². The van der Waals surface area contributed by atoms with E-state index in [4.69, 9.17) is 25.8 Å². The molecule has 0 heterocycles. The number of nitrogens with one attached hydrogen (secondary N) is 1. The molecule has 1 N–H and O–H groups in total. The molecule has 2 rings (SSSR count). The molecule has 0 spiro atoms. The number of carbonyl (C=O) groups excluding carboxylic acids is 1. The number of methoxy groups -OCH3 is 1. The maximum atomic E-state index is 12.5. The fraction of sp³-hybridized carbons (Fsp3) is 0.350. The number of benzene rings is 2. The number of ether oxygens (including phenoxy) is 3. The molecule has 26 heavy (non-hydrogen) atoms. The summed E-state index contributed by atoms with van der Waals surface area (Å²) < 4.78 is 16.3. The summed E-state index contributed by atoms with van der Waals surface area (Å²) in [5.74, 6) is 1.68. The standard InChI is InChI=1S/C20H24ClNO4/c1-5-25-18-10-7-14(12-19(18)26-6-2)13(3)22-20(23)15-8-9-17(24-4)16(21)11-15/h7-13H,5-6H2,1-4H3,(H,22,23)/t13-/m0/s1. The zero-order valence-corrected chi connectivity index (χ0v) is 16.2. The van der Waals surface area contributed by atoms with Crippen LogP contribution in [0.1, 0.15) is 42.7 Å². The quantitative estimate of drug-likeness (QED) is 0.728. The molecule has 140 valence electrons. The van der Waals surface area contributed by atoms with Gasteiger partial charge in [-0.25, -0.2) is 0 Å². The van der Waals surface area contributed by atoms with E-state index >= 15 is 0 Å². The largest absolute Gasteiger partial charge is 0.495 e. The van der Waals surface area contributed by atoms with Crippen molar-refractivity contribution < 1.29 is 19.0 Å². The van der Waals surface area contributed by atoms with Crippen LogP contribution in [0, 0.1) is 0 Å². The lowest BCUT2D eigenvalue weighted by Gasteiger charge is -2.18. The number of halogens is 1. The molecule has 0 aliphatic rings. The van der Waals surface area contributed by atoms with Gasteiger partial charge >= 0.3 is 0 Å². The molecule has 1 atom stereocenters. The van der Waals surface area contributed by atoms with Crippen LogP contribution in [0.25, 0.3) is 0 Å². The van der Waals surface area contributed by atoms with Gasteiger partial charge in [-0.3, -0.25) is 4.79 Å². The summed E-state index contributed by atoms with van der Waals surface area (Å²) in [6, 6.07) is 10.4. The van der Waals surface area contributed by atoms with E-state index < -0.39 is 0 Å². The van der Waals surface area contributed by atoms with Crippen LogP contribution < -0.4 is 19.5 Å². The number of rotatable bonds is 8. The topological polar surface area (TPSA) is 56.8 Å². The first-order valence-electron chi connectivity index (χ1n) is 8.54. The molecule has 0 aliphatic heterocycles. The van der Waals surface area contributed by atoms with Crippen molar-refractivity contribution in [2.75, 3.05) is 20.3 Å². The number of carbonyl (C=O) groups is 1. The number of amides is 1. The lowest BCUT2D eigenvalue weighted by atomic mass is 10.1. The summed E-state index contributed by atoms with van der Waals surface area (Å²) in [6.07, 6.45) is 0. The highest BCUT2D eigenvalue weighted by molar-refractivity contribution is 6.32.